The molecule has 1 aliphatic rings. The molecule has 4 nitrogen and oxygen atoms in total. The third kappa shape index (κ3) is 3.18. The Labute approximate surface area is 124 Å². The van der Waals surface area contributed by atoms with Crippen molar-refractivity contribution in [3.8, 4) is 5.75 Å². The number of methoxy groups -OCH3 is 1. The molecule has 1 heterocycles. The highest BCUT2D eigenvalue weighted by molar-refractivity contribution is 5.72. The minimum absolute atomic E-state index is 0.134. The van der Waals surface area contributed by atoms with E-state index in [4.69, 9.17) is 4.74 Å². The van der Waals surface area contributed by atoms with Crippen LogP contribution in [-0.2, 0) is 4.79 Å². The van der Waals surface area contributed by atoms with E-state index in [1.54, 1.807) is 12.1 Å². The van der Waals surface area contributed by atoms with E-state index < -0.39 is 17.7 Å². The first kappa shape index (κ1) is 15.8. The first-order valence-electron chi connectivity index (χ1n) is 7.05. The Morgan fingerprint density at radius 1 is 1.38 bits per heavy atom. The van der Waals surface area contributed by atoms with Crippen molar-refractivity contribution in [1.29, 1.82) is 0 Å². The highest BCUT2D eigenvalue weighted by atomic mass is 19.1. The van der Waals surface area contributed by atoms with E-state index in [-0.39, 0.29) is 11.5 Å². The molecule has 2 atom stereocenters. The van der Waals surface area contributed by atoms with Crippen LogP contribution in [0.15, 0.2) is 18.2 Å². The predicted molar refractivity (Wildman–Crippen MR) is 78.1 cm³/mol. The topological polar surface area (TPSA) is 49.8 Å². The third-order valence-corrected chi connectivity index (χ3v) is 4.19. The standard InChI is InChI=1S/C16H22FNO3/c1-16(2,3)18-8-12(13(9-18)15(19)20)11-6-5-10(21-4)7-14(11)17/h5-7,12-13H,8-9H2,1-4H3,(H,19,20)/t12-,13+/m1/s1. The van der Waals surface area contributed by atoms with E-state index in [9.17, 15) is 14.3 Å². The van der Waals surface area contributed by atoms with Crippen LogP contribution in [0.1, 0.15) is 32.3 Å². The lowest BCUT2D eigenvalue weighted by atomic mass is 9.88. The van der Waals surface area contributed by atoms with Crippen LogP contribution in [0.3, 0.4) is 0 Å². The summed E-state index contributed by atoms with van der Waals surface area (Å²) >= 11 is 0. The highest BCUT2D eigenvalue weighted by Crippen LogP contribution is 2.38. The van der Waals surface area contributed by atoms with Gasteiger partial charge in [-0.2, -0.15) is 0 Å². The van der Waals surface area contributed by atoms with E-state index in [0.717, 1.165) is 0 Å². The largest absolute Gasteiger partial charge is 0.497 e. The van der Waals surface area contributed by atoms with Crippen molar-refractivity contribution in [2.75, 3.05) is 20.2 Å². The maximum absolute atomic E-state index is 14.3. The Kier molecular flexibility index (Phi) is 4.23. The smallest absolute Gasteiger partial charge is 0.308 e. The Morgan fingerprint density at radius 3 is 2.52 bits per heavy atom. The van der Waals surface area contributed by atoms with E-state index >= 15 is 0 Å². The van der Waals surface area contributed by atoms with E-state index in [2.05, 4.69) is 4.90 Å². The number of ether oxygens (including phenoxy) is 1. The maximum Gasteiger partial charge on any atom is 0.308 e. The van der Waals surface area contributed by atoms with Crippen molar-refractivity contribution in [2.24, 2.45) is 5.92 Å². The van der Waals surface area contributed by atoms with Crippen LogP contribution in [0, 0.1) is 11.7 Å². The number of rotatable bonds is 3. The molecule has 1 N–H and O–H groups in total. The SMILES string of the molecule is COc1ccc([C@H]2CN(C(C)(C)C)C[C@@H]2C(=O)O)c(F)c1. The first-order chi connectivity index (χ1) is 9.74. The molecule has 21 heavy (non-hydrogen) atoms. The van der Waals surface area contributed by atoms with Crippen molar-refractivity contribution >= 4 is 5.97 Å². The quantitative estimate of drug-likeness (QED) is 0.931. The molecule has 0 bridgehead atoms. The average molecular weight is 295 g/mol. The normalized spacial score (nSPS) is 23.3. The second-order valence-corrected chi connectivity index (χ2v) is 6.51. The van der Waals surface area contributed by atoms with Crippen LogP contribution in [0.25, 0.3) is 0 Å². The van der Waals surface area contributed by atoms with Gasteiger partial charge in [0.1, 0.15) is 11.6 Å². The van der Waals surface area contributed by atoms with Gasteiger partial charge in [-0.15, -0.1) is 0 Å². The van der Waals surface area contributed by atoms with Gasteiger partial charge in [0.2, 0.25) is 0 Å². The van der Waals surface area contributed by atoms with Gasteiger partial charge in [0, 0.05) is 30.6 Å². The molecule has 5 heteroatoms. The van der Waals surface area contributed by atoms with Crippen LogP contribution in [-0.4, -0.2) is 41.7 Å². The number of carboxylic acid groups (broad SMARTS) is 1. The minimum atomic E-state index is -0.873. The minimum Gasteiger partial charge on any atom is -0.497 e. The fraction of sp³-hybridized carbons (Fsp3) is 0.562. The van der Waals surface area contributed by atoms with E-state index in [1.165, 1.54) is 13.2 Å². The summed E-state index contributed by atoms with van der Waals surface area (Å²) in [5.41, 5.74) is 0.320. The van der Waals surface area contributed by atoms with Crippen molar-refractivity contribution in [3.63, 3.8) is 0 Å². The van der Waals surface area contributed by atoms with Gasteiger partial charge < -0.3 is 9.84 Å². The van der Waals surface area contributed by atoms with Gasteiger partial charge in [0.15, 0.2) is 0 Å². The molecule has 1 aromatic rings. The van der Waals surface area contributed by atoms with Crippen molar-refractivity contribution < 1.29 is 19.0 Å². The van der Waals surface area contributed by atoms with Crippen LogP contribution < -0.4 is 4.74 Å². The van der Waals surface area contributed by atoms with Crippen molar-refractivity contribution in [1.82, 2.24) is 4.90 Å². The Balaban J connectivity index is 2.34. The van der Waals surface area contributed by atoms with Crippen LogP contribution in [0.5, 0.6) is 5.75 Å². The molecule has 0 aliphatic carbocycles. The maximum atomic E-state index is 14.3. The molecule has 0 saturated carbocycles. The molecular weight excluding hydrogens is 273 g/mol. The molecule has 0 amide bonds. The van der Waals surface area contributed by atoms with Crippen LogP contribution in [0.4, 0.5) is 4.39 Å². The van der Waals surface area contributed by atoms with Crippen molar-refractivity contribution in [3.05, 3.63) is 29.6 Å². The molecule has 1 saturated heterocycles. The van der Waals surface area contributed by atoms with Gasteiger partial charge in [0.25, 0.3) is 0 Å². The molecule has 1 aromatic carbocycles. The first-order valence-corrected chi connectivity index (χ1v) is 7.05. The molecule has 0 aromatic heterocycles. The summed E-state index contributed by atoms with van der Waals surface area (Å²) in [4.78, 5) is 13.6. The molecular formula is C16H22FNO3. The molecule has 116 valence electrons. The summed E-state index contributed by atoms with van der Waals surface area (Å²) in [6, 6.07) is 4.63. The molecule has 1 fully saturated rings. The summed E-state index contributed by atoms with van der Waals surface area (Å²) in [6.45, 7) is 7.11. The van der Waals surface area contributed by atoms with E-state index in [1.807, 2.05) is 20.8 Å². The summed E-state index contributed by atoms with van der Waals surface area (Å²) in [7, 11) is 1.48. The third-order valence-electron chi connectivity index (χ3n) is 4.19. The van der Waals surface area contributed by atoms with Gasteiger partial charge >= 0.3 is 5.97 Å². The van der Waals surface area contributed by atoms with Gasteiger partial charge in [-0.1, -0.05) is 6.07 Å². The number of nitrogens with zero attached hydrogens (tertiary/aromatic N) is 1. The lowest BCUT2D eigenvalue weighted by Gasteiger charge is -2.31. The zero-order valence-electron chi connectivity index (χ0n) is 12.9. The molecule has 0 spiro atoms. The lowest BCUT2D eigenvalue weighted by Crippen LogP contribution is -2.40. The highest BCUT2D eigenvalue weighted by Gasteiger charge is 2.42. The van der Waals surface area contributed by atoms with Crippen LogP contribution in [0.2, 0.25) is 0 Å². The molecule has 0 unspecified atom stereocenters. The van der Waals surface area contributed by atoms with Crippen molar-refractivity contribution in [2.45, 2.75) is 32.2 Å². The number of hydrogen-bond acceptors (Lipinski definition) is 3. The number of carboxylic acids is 1. The van der Waals surface area contributed by atoms with Gasteiger partial charge in [-0.3, -0.25) is 9.69 Å². The average Bonchev–Trinajstić information content (AvgIpc) is 2.83. The van der Waals surface area contributed by atoms with Gasteiger partial charge in [0.05, 0.1) is 13.0 Å². The van der Waals surface area contributed by atoms with Gasteiger partial charge in [-0.05, 0) is 32.4 Å². The Bertz CT molecular complexity index is 539. The van der Waals surface area contributed by atoms with E-state index in [0.29, 0.717) is 24.4 Å². The number of likely N-dealkylation sites (tertiary alicyclic amines) is 1. The number of aliphatic carboxylic acids is 1. The fourth-order valence-electron chi connectivity index (χ4n) is 2.85. The van der Waals surface area contributed by atoms with Gasteiger partial charge in [-0.25, -0.2) is 4.39 Å². The number of halogens is 1. The summed E-state index contributed by atoms with van der Waals surface area (Å²) in [5, 5.41) is 9.45. The Morgan fingerprint density at radius 2 is 2.05 bits per heavy atom. The predicted octanol–water partition coefficient (Wildman–Crippen LogP) is 2.73. The Hall–Kier alpha value is -1.62. The fourth-order valence-corrected chi connectivity index (χ4v) is 2.85. The second-order valence-electron chi connectivity index (χ2n) is 6.51. The molecule has 0 radical (unpaired) electrons. The lowest BCUT2D eigenvalue weighted by molar-refractivity contribution is -0.141. The molecule has 2 rings (SSSR count). The second kappa shape index (κ2) is 5.64. The summed E-state index contributed by atoms with van der Waals surface area (Å²) in [6.07, 6.45) is 0. The summed E-state index contributed by atoms with van der Waals surface area (Å²) < 4.78 is 19.3. The number of hydrogen-bond donors (Lipinski definition) is 1. The monoisotopic (exact) mass is 295 g/mol. The zero-order valence-corrected chi connectivity index (χ0v) is 12.9. The molecule has 1 aliphatic heterocycles. The zero-order chi connectivity index (χ0) is 15.8. The number of benzene rings is 1. The summed E-state index contributed by atoms with van der Waals surface area (Å²) in [5.74, 6) is -1.77. The number of carbonyl (C=O) groups is 1. The van der Waals surface area contributed by atoms with Crippen LogP contribution >= 0.6 is 0 Å².